The minimum atomic E-state index is -0.702. The number of carboxylic acid groups (broad SMARTS) is 1. The molecule has 0 aliphatic carbocycles. The maximum absolute atomic E-state index is 10.7. The van der Waals surface area contributed by atoms with Crippen LogP contribution in [0.3, 0.4) is 0 Å². The Morgan fingerprint density at radius 1 is 1.46 bits per heavy atom. The first-order valence-electron chi connectivity index (χ1n) is 4.78. The Morgan fingerprint density at radius 3 is 2.23 bits per heavy atom. The molecular formula is C10H18O3. The molecule has 76 valence electrons. The maximum Gasteiger partial charge on any atom is 0.306 e. The summed E-state index contributed by atoms with van der Waals surface area (Å²) in [5, 5.41) is 8.81. The number of hydrogen-bond acceptors (Lipinski definition) is 2. The molecule has 0 bridgehead atoms. The highest BCUT2D eigenvalue weighted by atomic mass is 16.5. The highest BCUT2D eigenvalue weighted by Gasteiger charge is 2.43. The van der Waals surface area contributed by atoms with E-state index in [1.807, 2.05) is 0 Å². The molecule has 0 spiro atoms. The van der Waals surface area contributed by atoms with Gasteiger partial charge >= 0.3 is 5.97 Å². The van der Waals surface area contributed by atoms with E-state index in [-0.39, 0.29) is 11.3 Å². The summed E-state index contributed by atoms with van der Waals surface area (Å²) in [5.41, 5.74) is 0.123. The maximum atomic E-state index is 10.7. The molecule has 1 aliphatic heterocycles. The van der Waals surface area contributed by atoms with Gasteiger partial charge in [0.1, 0.15) is 0 Å². The molecule has 1 N–H and O–H groups in total. The molecule has 1 heterocycles. The molecule has 1 aliphatic rings. The van der Waals surface area contributed by atoms with Crippen LogP contribution in [-0.2, 0) is 9.53 Å². The molecule has 1 unspecified atom stereocenters. The van der Waals surface area contributed by atoms with Crippen molar-refractivity contribution in [3.8, 4) is 0 Å². The van der Waals surface area contributed by atoms with Crippen molar-refractivity contribution in [2.24, 2.45) is 17.3 Å². The lowest BCUT2D eigenvalue weighted by Crippen LogP contribution is -2.48. The van der Waals surface area contributed by atoms with Gasteiger partial charge in [-0.25, -0.2) is 0 Å². The van der Waals surface area contributed by atoms with Crippen molar-refractivity contribution in [3.63, 3.8) is 0 Å². The predicted octanol–water partition coefficient (Wildman–Crippen LogP) is 1.77. The summed E-state index contributed by atoms with van der Waals surface area (Å²) in [6, 6.07) is 0. The Morgan fingerprint density at radius 2 is 2.00 bits per heavy atom. The van der Waals surface area contributed by atoms with Crippen LogP contribution in [0.4, 0.5) is 0 Å². The van der Waals surface area contributed by atoms with Crippen LogP contribution in [0, 0.1) is 17.3 Å². The number of carboxylic acids is 1. The van der Waals surface area contributed by atoms with E-state index in [0.717, 1.165) is 19.6 Å². The van der Waals surface area contributed by atoms with Crippen molar-refractivity contribution in [1.82, 2.24) is 0 Å². The number of carbonyl (C=O) groups is 1. The lowest BCUT2D eigenvalue weighted by molar-refractivity contribution is -0.161. The van der Waals surface area contributed by atoms with Gasteiger partial charge in [0, 0.05) is 5.41 Å². The van der Waals surface area contributed by atoms with Gasteiger partial charge in [0.15, 0.2) is 0 Å². The van der Waals surface area contributed by atoms with Gasteiger partial charge in [-0.1, -0.05) is 20.8 Å². The fourth-order valence-electron chi connectivity index (χ4n) is 1.75. The Kier molecular flexibility index (Phi) is 2.96. The third-order valence-corrected chi connectivity index (χ3v) is 3.14. The largest absolute Gasteiger partial charge is 0.481 e. The lowest BCUT2D eigenvalue weighted by Gasteiger charge is -2.46. The number of aliphatic carboxylic acids is 1. The Labute approximate surface area is 79.1 Å². The normalized spacial score (nSPS) is 22.5. The lowest BCUT2D eigenvalue weighted by atomic mass is 9.70. The SMILES string of the molecule is CC(CC1(C(C)C)COC1)C(=O)O. The van der Waals surface area contributed by atoms with E-state index >= 15 is 0 Å². The van der Waals surface area contributed by atoms with Gasteiger partial charge in [-0.2, -0.15) is 0 Å². The molecule has 0 aromatic rings. The molecule has 1 fully saturated rings. The van der Waals surface area contributed by atoms with E-state index in [9.17, 15) is 4.79 Å². The number of rotatable bonds is 4. The summed E-state index contributed by atoms with van der Waals surface area (Å²) in [7, 11) is 0. The third-order valence-electron chi connectivity index (χ3n) is 3.14. The molecule has 3 nitrogen and oxygen atoms in total. The van der Waals surface area contributed by atoms with E-state index in [4.69, 9.17) is 9.84 Å². The van der Waals surface area contributed by atoms with Crippen LogP contribution in [0.2, 0.25) is 0 Å². The molecule has 3 heteroatoms. The molecule has 1 atom stereocenters. The standard InChI is InChI=1S/C10H18O3/c1-7(2)10(5-13-6-10)4-8(3)9(11)12/h7-8H,4-6H2,1-3H3,(H,11,12). The monoisotopic (exact) mass is 186 g/mol. The van der Waals surface area contributed by atoms with Crippen molar-refractivity contribution in [3.05, 3.63) is 0 Å². The number of ether oxygens (including phenoxy) is 1. The van der Waals surface area contributed by atoms with E-state index < -0.39 is 5.97 Å². The van der Waals surface area contributed by atoms with Crippen LogP contribution in [0.5, 0.6) is 0 Å². The fourth-order valence-corrected chi connectivity index (χ4v) is 1.75. The van der Waals surface area contributed by atoms with Gasteiger partial charge in [0.2, 0.25) is 0 Å². The molecule has 0 radical (unpaired) electrons. The molecule has 0 aromatic carbocycles. The summed E-state index contributed by atoms with van der Waals surface area (Å²) in [6.07, 6.45) is 0.736. The first-order chi connectivity index (χ1) is 5.98. The molecule has 0 amide bonds. The zero-order valence-electron chi connectivity index (χ0n) is 8.54. The minimum absolute atomic E-state index is 0.123. The second kappa shape index (κ2) is 3.66. The van der Waals surface area contributed by atoms with Gasteiger partial charge in [-0.05, 0) is 12.3 Å². The van der Waals surface area contributed by atoms with Crippen LogP contribution >= 0.6 is 0 Å². The van der Waals surface area contributed by atoms with Crippen molar-refractivity contribution in [2.45, 2.75) is 27.2 Å². The molecule has 13 heavy (non-hydrogen) atoms. The smallest absolute Gasteiger partial charge is 0.306 e. The quantitative estimate of drug-likeness (QED) is 0.727. The summed E-state index contributed by atoms with van der Waals surface area (Å²) in [5.74, 6) is -0.457. The van der Waals surface area contributed by atoms with Crippen LogP contribution in [0.1, 0.15) is 27.2 Å². The zero-order valence-corrected chi connectivity index (χ0v) is 8.54. The van der Waals surface area contributed by atoms with E-state index in [1.165, 1.54) is 0 Å². The van der Waals surface area contributed by atoms with Crippen LogP contribution in [0.25, 0.3) is 0 Å². The van der Waals surface area contributed by atoms with Gasteiger partial charge in [-0.3, -0.25) is 4.79 Å². The second-order valence-corrected chi connectivity index (χ2v) is 4.45. The minimum Gasteiger partial charge on any atom is -0.481 e. The summed E-state index contributed by atoms with van der Waals surface area (Å²) in [4.78, 5) is 10.7. The Hall–Kier alpha value is -0.570. The van der Waals surface area contributed by atoms with Gasteiger partial charge < -0.3 is 9.84 Å². The van der Waals surface area contributed by atoms with Crippen molar-refractivity contribution < 1.29 is 14.6 Å². The highest BCUT2D eigenvalue weighted by Crippen LogP contribution is 2.41. The van der Waals surface area contributed by atoms with E-state index in [1.54, 1.807) is 6.92 Å². The van der Waals surface area contributed by atoms with Gasteiger partial charge in [-0.15, -0.1) is 0 Å². The third kappa shape index (κ3) is 2.02. The fraction of sp³-hybridized carbons (Fsp3) is 0.900. The predicted molar refractivity (Wildman–Crippen MR) is 49.5 cm³/mol. The molecule has 1 rings (SSSR count). The first-order valence-corrected chi connectivity index (χ1v) is 4.78. The van der Waals surface area contributed by atoms with Crippen molar-refractivity contribution in [1.29, 1.82) is 0 Å². The molecular weight excluding hydrogens is 168 g/mol. The highest BCUT2D eigenvalue weighted by molar-refractivity contribution is 5.69. The molecule has 0 aromatic heterocycles. The summed E-state index contributed by atoms with van der Waals surface area (Å²) < 4.78 is 5.19. The number of hydrogen-bond donors (Lipinski definition) is 1. The van der Waals surface area contributed by atoms with E-state index in [2.05, 4.69) is 13.8 Å². The van der Waals surface area contributed by atoms with Gasteiger partial charge in [0.25, 0.3) is 0 Å². The zero-order chi connectivity index (χ0) is 10.1. The van der Waals surface area contributed by atoms with Crippen LogP contribution < -0.4 is 0 Å². The Bertz CT molecular complexity index is 194. The summed E-state index contributed by atoms with van der Waals surface area (Å²) >= 11 is 0. The van der Waals surface area contributed by atoms with E-state index in [0.29, 0.717) is 5.92 Å². The first kappa shape index (κ1) is 10.5. The Balaban J connectivity index is 2.54. The van der Waals surface area contributed by atoms with Crippen LogP contribution in [-0.4, -0.2) is 24.3 Å². The van der Waals surface area contributed by atoms with Gasteiger partial charge in [0.05, 0.1) is 19.1 Å². The van der Waals surface area contributed by atoms with Crippen LogP contribution in [0.15, 0.2) is 0 Å². The topological polar surface area (TPSA) is 46.5 Å². The molecule has 1 saturated heterocycles. The second-order valence-electron chi connectivity index (χ2n) is 4.45. The molecule has 0 saturated carbocycles. The average Bonchev–Trinajstić information content (AvgIpc) is 1.95. The van der Waals surface area contributed by atoms with Crippen molar-refractivity contribution in [2.75, 3.05) is 13.2 Å². The average molecular weight is 186 g/mol. The summed E-state index contributed by atoms with van der Waals surface area (Å²) in [6.45, 7) is 7.49. The van der Waals surface area contributed by atoms with Crippen molar-refractivity contribution >= 4 is 5.97 Å².